The van der Waals surface area contributed by atoms with E-state index in [1.807, 2.05) is 0 Å². The highest BCUT2D eigenvalue weighted by atomic mass is 16.5. The van der Waals surface area contributed by atoms with Gasteiger partial charge in [-0.2, -0.15) is 0 Å². The number of aromatic nitrogens is 2. The molecule has 0 aliphatic carbocycles. The summed E-state index contributed by atoms with van der Waals surface area (Å²) >= 11 is 0. The highest BCUT2D eigenvalue weighted by Crippen LogP contribution is 2.02. The van der Waals surface area contributed by atoms with Crippen LogP contribution in [0.3, 0.4) is 0 Å². The van der Waals surface area contributed by atoms with Gasteiger partial charge in [-0.15, -0.1) is 0 Å². The lowest BCUT2D eigenvalue weighted by molar-refractivity contribution is 0.0598. The molecule has 0 spiro atoms. The average Bonchev–Trinajstić information content (AvgIpc) is 2.60. The van der Waals surface area contributed by atoms with E-state index < -0.39 is 5.97 Å². The van der Waals surface area contributed by atoms with Gasteiger partial charge in [-0.05, 0) is 18.2 Å². The smallest absolute Gasteiger partial charge is 0.339 e. The fraction of sp³-hybridized carbons (Fsp3) is 0.250. The van der Waals surface area contributed by atoms with Crippen molar-refractivity contribution in [1.82, 2.24) is 14.5 Å². The summed E-state index contributed by atoms with van der Waals surface area (Å²) in [5, 5.41) is 0. The molecule has 0 fully saturated rings. The van der Waals surface area contributed by atoms with Crippen LogP contribution in [0, 0.1) is 0 Å². The molecule has 2 aromatic rings. The Kier molecular flexibility index (Phi) is 5.24. The first-order valence-corrected chi connectivity index (χ1v) is 6.97. The van der Waals surface area contributed by atoms with Crippen molar-refractivity contribution in [3.63, 3.8) is 0 Å². The Balaban J connectivity index is 2.07. The largest absolute Gasteiger partial charge is 0.465 e. The number of carbonyl (C=O) groups excluding carboxylic acids is 2. The van der Waals surface area contributed by atoms with E-state index in [0.29, 0.717) is 12.1 Å². The maximum absolute atomic E-state index is 12.2. The fourth-order valence-electron chi connectivity index (χ4n) is 2.01. The summed E-state index contributed by atoms with van der Waals surface area (Å²) in [5.74, 6) is -0.700. The van der Waals surface area contributed by atoms with Crippen LogP contribution in [0.4, 0.5) is 0 Å². The Bertz CT molecular complexity index is 755. The maximum Gasteiger partial charge on any atom is 0.339 e. The normalized spacial score (nSPS) is 10.2. The maximum atomic E-state index is 12.2. The van der Waals surface area contributed by atoms with Crippen LogP contribution in [-0.4, -0.2) is 47.0 Å². The summed E-state index contributed by atoms with van der Waals surface area (Å²) in [4.78, 5) is 40.9. The number of amides is 1. The zero-order valence-corrected chi connectivity index (χ0v) is 12.9. The van der Waals surface area contributed by atoms with Gasteiger partial charge in [-0.25, -0.2) is 4.79 Å². The van der Waals surface area contributed by atoms with Crippen molar-refractivity contribution in [2.75, 3.05) is 20.7 Å². The van der Waals surface area contributed by atoms with Crippen LogP contribution in [-0.2, 0) is 11.3 Å². The highest BCUT2D eigenvalue weighted by molar-refractivity contribution is 5.93. The third kappa shape index (κ3) is 4.03. The van der Waals surface area contributed by atoms with Gasteiger partial charge >= 0.3 is 5.97 Å². The molecular formula is C16H17N3O4. The van der Waals surface area contributed by atoms with Crippen LogP contribution in [0.5, 0.6) is 0 Å². The summed E-state index contributed by atoms with van der Waals surface area (Å²) in [6, 6.07) is 6.08. The van der Waals surface area contributed by atoms with E-state index in [1.54, 1.807) is 25.4 Å². The van der Waals surface area contributed by atoms with Gasteiger partial charge in [0.1, 0.15) is 0 Å². The molecule has 2 aromatic heterocycles. The van der Waals surface area contributed by atoms with Gasteiger partial charge in [0.25, 0.3) is 11.5 Å². The molecule has 120 valence electrons. The van der Waals surface area contributed by atoms with E-state index in [9.17, 15) is 14.4 Å². The van der Waals surface area contributed by atoms with Crippen molar-refractivity contribution < 1.29 is 14.3 Å². The summed E-state index contributed by atoms with van der Waals surface area (Å²) in [6.07, 6.45) is 4.51. The van der Waals surface area contributed by atoms with Crippen LogP contribution >= 0.6 is 0 Å². The molecule has 7 heteroatoms. The second kappa shape index (κ2) is 7.35. The number of hydrogen-bond donors (Lipinski definition) is 0. The minimum absolute atomic E-state index is 0.185. The van der Waals surface area contributed by atoms with Crippen LogP contribution in [0.1, 0.15) is 20.7 Å². The van der Waals surface area contributed by atoms with Gasteiger partial charge in [0, 0.05) is 44.8 Å². The molecule has 0 bridgehead atoms. The van der Waals surface area contributed by atoms with Crippen molar-refractivity contribution in [1.29, 1.82) is 0 Å². The van der Waals surface area contributed by atoms with Gasteiger partial charge < -0.3 is 14.2 Å². The van der Waals surface area contributed by atoms with Gasteiger partial charge in [0.05, 0.1) is 18.2 Å². The lowest BCUT2D eigenvalue weighted by atomic mass is 10.2. The predicted molar refractivity (Wildman–Crippen MR) is 83.2 cm³/mol. The van der Waals surface area contributed by atoms with E-state index in [-0.39, 0.29) is 23.6 Å². The van der Waals surface area contributed by atoms with Gasteiger partial charge in [-0.1, -0.05) is 0 Å². The van der Waals surface area contributed by atoms with Crippen molar-refractivity contribution in [3.8, 4) is 0 Å². The Morgan fingerprint density at radius 1 is 1.26 bits per heavy atom. The number of methoxy groups -OCH3 is 1. The molecule has 0 atom stereocenters. The minimum atomic E-state index is -0.515. The molecule has 1 amide bonds. The molecule has 7 nitrogen and oxygen atoms in total. The highest BCUT2D eigenvalue weighted by Gasteiger charge is 2.12. The second-order valence-corrected chi connectivity index (χ2v) is 4.91. The Labute approximate surface area is 133 Å². The van der Waals surface area contributed by atoms with Crippen LogP contribution in [0.25, 0.3) is 0 Å². The van der Waals surface area contributed by atoms with Gasteiger partial charge in [0.2, 0.25) is 0 Å². The number of hydrogen-bond acceptors (Lipinski definition) is 5. The van der Waals surface area contributed by atoms with E-state index in [4.69, 9.17) is 0 Å². The first-order valence-electron chi connectivity index (χ1n) is 6.97. The zero-order valence-electron chi connectivity index (χ0n) is 12.9. The molecule has 0 aliphatic heterocycles. The number of likely N-dealkylation sites (N-methyl/N-ethyl adjacent to an activating group) is 1. The number of ether oxygens (including phenoxy) is 1. The Morgan fingerprint density at radius 2 is 2.04 bits per heavy atom. The predicted octanol–water partition coefficient (Wildman–Crippen LogP) is 0.802. The average molecular weight is 315 g/mol. The van der Waals surface area contributed by atoms with E-state index in [2.05, 4.69) is 9.72 Å². The third-order valence-electron chi connectivity index (χ3n) is 3.34. The van der Waals surface area contributed by atoms with E-state index in [1.165, 1.54) is 41.1 Å². The molecule has 0 aromatic carbocycles. The Morgan fingerprint density at radius 3 is 2.70 bits per heavy atom. The third-order valence-corrected chi connectivity index (χ3v) is 3.34. The number of pyridine rings is 2. The lowest BCUT2D eigenvalue weighted by Gasteiger charge is -2.18. The van der Waals surface area contributed by atoms with E-state index in [0.717, 1.165) is 0 Å². The molecule has 0 unspecified atom stereocenters. The molecule has 23 heavy (non-hydrogen) atoms. The molecule has 2 rings (SSSR count). The minimum Gasteiger partial charge on any atom is -0.465 e. The first-order chi connectivity index (χ1) is 11.0. The fourth-order valence-corrected chi connectivity index (χ4v) is 2.01. The quantitative estimate of drug-likeness (QED) is 0.762. The van der Waals surface area contributed by atoms with Crippen molar-refractivity contribution in [3.05, 3.63) is 64.3 Å². The van der Waals surface area contributed by atoms with Crippen molar-refractivity contribution >= 4 is 11.9 Å². The molecule has 2 heterocycles. The lowest BCUT2D eigenvalue weighted by Crippen LogP contribution is -2.32. The number of rotatable bonds is 5. The standard InChI is InChI=1S/C16H17N3O4/c1-18(15(21)12-4-3-7-17-10-12)8-9-19-11-13(16(22)23-2)5-6-14(19)20/h3-7,10-11H,8-9H2,1-2H3. The number of esters is 1. The van der Waals surface area contributed by atoms with Gasteiger partial charge in [0.15, 0.2) is 0 Å². The molecular weight excluding hydrogens is 298 g/mol. The summed E-state index contributed by atoms with van der Waals surface area (Å²) in [5.41, 5.74) is 0.513. The van der Waals surface area contributed by atoms with Crippen LogP contribution in [0.15, 0.2) is 47.7 Å². The molecule has 0 N–H and O–H groups in total. The second-order valence-electron chi connectivity index (χ2n) is 4.91. The van der Waals surface area contributed by atoms with Crippen molar-refractivity contribution in [2.45, 2.75) is 6.54 Å². The summed E-state index contributed by atoms with van der Waals surface area (Å²) in [7, 11) is 2.92. The van der Waals surface area contributed by atoms with E-state index >= 15 is 0 Å². The first kappa shape index (κ1) is 16.4. The molecule has 0 radical (unpaired) electrons. The van der Waals surface area contributed by atoms with Crippen LogP contribution < -0.4 is 5.56 Å². The topological polar surface area (TPSA) is 81.5 Å². The summed E-state index contributed by atoms with van der Waals surface area (Å²) in [6.45, 7) is 0.588. The molecule has 0 saturated carbocycles. The number of carbonyl (C=O) groups is 2. The van der Waals surface area contributed by atoms with Crippen molar-refractivity contribution in [2.24, 2.45) is 0 Å². The summed E-state index contributed by atoms with van der Waals surface area (Å²) < 4.78 is 6.00. The molecule has 0 saturated heterocycles. The van der Waals surface area contributed by atoms with Crippen LogP contribution in [0.2, 0.25) is 0 Å². The monoisotopic (exact) mass is 315 g/mol. The van der Waals surface area contributed by atoms with Gasteiger partial charge in [-0.3, -0.25) is 14.6 Å². The molecule has 0 aliphatic rings. The zero-order chi connectivity index (χ0) is 16.8. The SMILES string of the molecule is COC(=O)c1ccc(=O)n(CCN(C)C(=O)c2cccnc2)c1. The number of nitrogens with zero attached hydrogens (tertiary/aromatic N) is 3. The Hall–Kier alpha value is -2.96.